The number of ether oxygens (including phenoxy) is 1. The molecule has 146 valence electrons. The molecule has 1 aromatic rings. The zero-order chi connectivity index (χ0) is 18.6. The Morgan fingerprint density at radius 1 is 1.38 bits per heavy atom. The maximum atomic E-state index is 12.6. The maximum absolute atomic E-state index is 12.6. The molecule has 2 N–H and O–H groups in total. The molecular weight excluding hydrogens is 386 g/mol. The number of carbonyl (C=O) groups is 1. The fourth-order valence-electron chi connectivity index (χ4n) is 2.67. The summed E-state index contributed by atoms with van der Waals surface area (Å²) < 4.78 is 32.7. The van der Waals surface area contributed by atoms with Gasteiger partial charge in [0, 0.05) is 17.7 Å². The Bertz CT molecular complexity index is 778. The molecule has 11 heteroatoms. The molecular formula is C15H22ClN3O6S. The predicted molar refractivity (Wildman–Crippen MR) is 97.3 cm³/mol. The first-order valence-corrected chi connectivity index (χ1v) is 9.43. The average Bonchev–Trinajstić information content (AvgIpc) is 2.55. The molecule has 1 aliphatic rings. The smallest absolute Gasteiger partial charge is 0.338 e. The number of hydrogen-bond donors (Lipinski definition) is 2. The van der Waals surface area contributed by atoms with E-state index in [9.17, 15) is 23.3 Å². The molecule has 1 saturated heterocycles. The number of halogens is 1. The molecule has 2 rings (SSSR count). The topological polar surface area (TPSA) is 128 Å². The van der Waals surface area contributed by atoms with Gasteiger partial charge in [-0.15, -0.1) is 12.4 Å². The summed E-state index contributed by atoms with van der Waals surface area (Å²) >= 11 is 0. The lowest BCUT2D eigenvalue weighted by atomic mass is 10.1. The van der Waals surface area contributed by atoms with Crippen molar-refractivity contribution in [1.82, 2.24) is 10.0 Å². The molecule has 0 saturated carbocycles. The SMILES string of the molecule is CCOC(=O)c1cc(S(=O)(=O)NC2CCNCC2)cc([N+](=O)[O-])c1C.Cl. The third-order valence-electron chi connectivity index (χ3n) is 4.02. The zero-order valence-corrected chi connectivity index (χ0v) is 16.1. The number of piperidine rings is 1. The molecule has 1 aromatic carbocycles. The van der Waals surface area contributed by atoms with Crippen molar-refractivity contribution in [3.63, 3.8) is 0 Å². The van der Waals surface area contributed by atoms with Crippen LogP contribution in [-0.2, 0) is 14.8 Å². The van der Waals surface area contributed by atoms with E-state index < -0.39 is 26.6 Å². The normalized spacial score (nSPS) is 15.2. The van der Waals surface area contributed by atoms with Crippen molar-refractivity contribution in [2.45, 2.75) is 37.6 Å². The summed E-state index contributed by atoms with van der Waals surface area (Å²) in [5.74, 6) is -0.790. The Balaban J connectivity index is 0.00000338. The van der Waals surface area contributed by atoms with Gasteiger partial charge in [-0.2, -0.15) is 0 Å². The van der Waals surface area contributed by atoms with Gasteiger partial charge in [0.25, 0.3) is 5.69 Å². The van der Waals surface area contributed by atoms with E-state index in [1.54, 1.807) is 6.92 Å². The first-order chi connectivity index (χ1) is 11.8. The van der Waals surface area contributed by atoms with Crippen LogP contribution in [0.2, 0.25) is 0 Å². The largest absolute Gasteiger partial charge is 0.462 e. The van der Waals surface area contributed by atoms with Crippen LogP contribution in [0.5, 0.6) is 0 Å². The van der Waals surface area contributed by atoms with Gasteiger partial charge in [-0.1, -0.05) is 0 Å². The number of esters is 1. The van der Waals surface area contributed by atoms with Crippen molar-refractivity contribution in [3.8, 4) is 0 Å². The third-order valence-corrected chi connectivity index (χ3v) is 5.52. The van der Waals surface area contributed by atoms with Gasteiger partial charge in [-0.05, 0) is 45.8 Å². The Morgan fingerprint density at radius 2 is 2.00 bits per heavy atom. The standard InChI is InChI=1S/C15H21N3O6S.ClH/c1-3-24-15(19)13-8-12(9-14(10(13)2)18(20)21)25(22,23)17-11-4-6-16-7-5-11;/h8-9,11,16-17H,3-7H2,1-2H3;1H. The number of rotatable bonds is 6. The second-order valence-electron chi connectivity index (χ2n) is 5.74. The average molecular weight is 408 g/mol. The molecule has 0 aromatic heterocycles. The van der Waals surface area contributed by atoms with Crippen LogP contribution in [-0.4, -0.2) is 45.0 Å². The van der Waals surface area contributed by atoms with Gasteiger partial charge in [0.2, 0.25) is 10.0 Å². The van der Waals surface area contributed by atoms with Crippen molar-refractivity contribution in [2.24, 2.45) is 0 Å². The number of nitrogens with zero attached hydrogens (tertiary/aromatic N) is 1. The number of nitrogens with one attached hydrogen (secondary N) is 2. The minimum absolute atomic E-state index is 0. The lowest BCUT2D eigenvalue weighted by Crippen LogP contribution is -2.42. The van der Waals surface area contributed by atoms with Crippen LogP contribution < -0.4 is 10.0 Å². The summed E-state index contributed by atoms with van der Waals surface area (Å²) in [6, 6.07) is 1.85. The Kier molecular flexibility index (Phi) is 7.94. The molecule has 9 nitrogen and oxygen atoms in total. The van der Waals surface area contributed by atoms with Crippen LogP contribution in [0.25, 0.3) is 0 Å². The van der Waals surface area contributed by atoms with E-state index in [2.05, 4.69) is 10.0 Å². The highest BCUT2D eigenvalue weighted by atomic mass is 35.5. The molecule has 0 radical (unpaired) electrons. The Labute approximate surface area is 158 Å². The van der Waals surface area contributed by atoms with E-state index in [-0.39, 0.29) is 41.1 Å². The fraction of sp³-hybridized carbons (Fsp3) is 0.533. The first-order valence-electron chi connectivity index (χ1n) is 7.95. The number of sulfonamides is 1. The van der Waals surface area contributed by atoms with Gasteiger partial charge in [0.1, 0.15) is 0 Å². The van der Waals surface area contributed by atoms with Crippen molar-refractivity contribution in [1.29, 1.82) is 0 Å². The van der Waals surface area contributed by atoms with Crippen molar-refractivity contribution >= 4 is 34.1 Å². The molecule has 0 atom stereocenters. The van der Waals surface area contributed by atoms with Gasteiger partial charge < -0.3 is 10.1 Å². The second kappa shape index (κ2) is 9.26. The molecule has 0 spiro atoms. The summed E-state index contributed by atoms with van der Waals surface area (Å²) in [6.07, 6.45) is 1.25. The van der Waals surface area contributed by atoms with Gasteiger partial charge in [0.05, 0.1) is 22.0 Å². The van der Waals surface area contributed by atoms with E-state index in [0.717, 1.165) is 12.1 Å². The van der Waals surface area contributed by atoms with E-state index in [1.165, 1.54) is 6.92 Å². The second-order valence-corrected chi connectivity index (χ2v) is 7.45. The monoisotopic (exact) mass is 407 g/mol. The maximum Gasteiger partial charge on any atom is 0.338 e. The Hall–Kier alpha value is -1.75. The van der Waals surface area contributed by atoms with E-state index in [1.807, 2.05) is 0 Å². The summed E-state index contributed by atoms with van der Waals surface area (Å²) in [7, 11) is -3.99. The Morgan fingerprint density at radius 3 is 2.54 bits per heavy atom. The van der Waals surface area contributed by atoms with Crippen LogP contribution in [0.1, 0.15) is 35.7 Å². The number of nitro groups is 1. The van der Waals surface area contributed by atoms with E-state index in [0.29, 0.717) is 25.9 Å². The highest BCUT2D eigenvalue weighted by molar-refractivity contribution is 7.89. The van der Waals surface area contributed by atoms with Gasteiger partial charge >= 0.3 is 5.97 Å². The van der Waals surface area contributed by atoms with Crippen LogP contribution in [0.15, 0.2) is 17.0 Å². The van der Waals surface area contributed by atoms with Gasteiger partial charge in [0.15, 0.2) is 0 Å². The molecule has 0 aliphatic carbocycles. The molecule has 26 heavy (non-hydrogen) atoms. The summed E-state index contributed by atoms with van der Waals surface area (Å²) in [5.41, 5.74) is -0.484. The van der Waals surface area contributed by atoms with E-state index >= 15 is 0 Å². The first kappa shape index (κ1) is 22.3. The van der Waals surface area contributed by atoms with Crippen LogP contribution in [0.3, 0.4) is 0 Å². The molecule has 0 bridgehead atoms. The number of benzene rings is 1. The van der Waals surface area contributed by atoms with Crippen molar-refractivity contribution < 1.29 is 22.9 Å². The third kappa shape index (κ3) is 5.13. The van der Waals surface area contributed by atoms with Crippen LogP contribution >= 0.6 is 12.4 Å². The number of carbonyl (C=O) groups excluding carboxylic acids is 1. The highest BCUT2D eigenvalue weighted by Gasteiger charge is 2.28. The minimum atomic E-state index is -3.99. The highest BCUT2D eigenvalue weighted by Crippen LogP contribution is 2.27. The summed E-state index contributed by atoms with van der Waals surface area (Å²) in [4.78, 5) is 22.3. The van der Waals surface area contributed by atoms with Crippen LogP contribution in [0.4, 0.5) is 5.69 Å². The summed E-state index contributed by atoms with van der Waals surface area (Å²) in [5, 5.41) is 14.4. The predicted octanol–water partition coefficient (Wildman–Crippen LogP) is 1.53. The molecule has 1 heterocycles. The lowest BCUT2D eigenvalue weighted by Gasteiger charge is -2.23. The fourth-order valence-corrected chi connectivity index (χ4v) is 4.02. The zero-order valence-electron chi connectivity index (χ0n) is 14.5. The van der Waals surface area contributed by atoms with Crippen molar-refractivity contribution in [2.75, 3.05) is 19.7 Å². The van der Waals surface area contributed by atoms with Crippen molar-refractivity contribution in [3.05, 3.63) is 33.4 Å². The number of nitro benzene ring substituents is 1. The molecule has 0 amide bonds. The number of hydrogen-bond acceptors (Lipinski definition) is 7. The van der Waals surface area contributed by atoms with Gasteiger partial charge in [-0.3, -0.25) is 10.1 Å². The van der Waals surface area contributed by atoms with E-state index in [4.69, 9.17) is 4.74 Å². The van der Waals surface area contributed by atoms with Crippen LogP contribution in [0, 0.1) is 17.0 Å². The molecule has 1 fully saturated rings. The van der Waals surface area contributed by atoms with Gasteiger partial charge in [-0.25, -0.2) is 17.9 Å². The quantitative estimate of drug-likeness (QED) is 0.415. The molecule has 1 aliphatic heterocycles. The minimum Gasteiger partial charge on any atom is -0.462 e. The molecule has 0 unspecified atom stereocenters. The summed E-state index contributed by atoms with van der Waals surface area (Å²) in [6.45, 7) is 4.45. The lowest BCUT2D eigenvalue weighted by molar-refractivity contribution is -0.385.